The summed E-state index contributed by atoms with van der Waals surface area (Å²) in [6, 6.07) is 5.32. The molecule has 2 aliphatic rings. The fraction of sp³-hybridized carbons (Fsp3) is 0.400. The molecule has 0 atom stereocenters. The first-order valence-corrected chi connectivity index (χ1v) is 13.6. The number of rotatable bonds is 5. The highest BCUT2D eigenvalue weighted by atomic mass is 19.1. The van der Waals surface area contributed by atoms with Crippen molar-refractivity contribution in [2.24, 2.45) is 5.92 Å². The molecule has 0 unspecified atom stereocenters. The lowest BCUT2D eigenvalue weighted by Crippen LogP contribution is -2.43. The molecule has 40 heavy (non-hydrogen) atoms. The Morgan fingerprint density at radius 2 is 1.65 bits per heavy atom. The van der Waals surface area contributed by atoms with Crippen LogP contribution >= 0.6 is 0 Å². The number of carbonyl (C=O) groups excluding carboxylic acids is 2. The molecule has 10 heteroatoms. The number of hydrogen-bond acceptors (Lipinski definition) is 4. The van der Waals surface area contributed by atoms with E-state index in [4.69, 9.17) is 0 Å². The number of anilines is 1. The second kappa shape index (κ2) is 11.0. The average Bonchev–Trinajstić information content (AvgIpc) is 3.40. The zero-order valence-electron chi connectivity index (χ0n) is 23.2. The number of H-pyrrole nitrogens is 1. The molecule has 2 N–H and O–H groups in total. The lowest BCUT2D eigenvalue weighted by molar-refractivity contribution is -0.133. The van der Waals surface area contributed by atoms with Crippen molar-refractivity contribution in [1.82, 2.24) is 20.1 Å². The van der Waals surface area contributed by atoms with Gasteiger partial charge in [-0.15, -0.1) is 0 Å². The molecule has 0 bridgehead atoms. The summed E-state index contributed by atoms with van der Waals surface area (Å²) in [6.45, 7) is 6.78. The maximum Gasteiger partial charge on any atom is 0.269 e. The number of aromatic nitrogens is 1. The predicted octanol–water partition coefficient (Wildman–Crippen LogP) is 4.64. The summed E-state index contributed by atoms with van der Waals surface area (Å²) < 4.78 is 47.4. The van der Waals surface area contributed by atoms with Crippen molar-refractivity contribution in [2.75, 3.05) is 58.3 Å². The minimum atomic E-state index is -0.648. The molecule has 0 saturated carbocycles. The summed E-state index contributed by atoms with van der Waals surface area (Å²) >= 11 is 0. The zero-order chi connectivity index (χ0) is 28.7. The van der Waals surface area contributed by atoms with Gasteiger partial charge in [-0.05, 0) is 35.8 Å². The van der Waals surface area contributed by atoms with Gasteiger partial charge in [-0.25, -0.2) is 13.2 Å². The molecule has 2 aromatic carbocycles. The molecule has 2 amide bonds. The van der Waals surface area contributed by atoms with E-state index in [1.807, 2.05) is 19.9 Å². The Morgan fingerprint density at radius 1 is 0.925 bits per heavy atom. The lowest BCUT2D eigenvalue weighted by Gasteiger charge is -2.30. The van der Waals surface area contributed by atoms with Gasteiger partial charge < -0.3 is 25.0 Å². The molecule has 212 valence electrons. The van der Waals surface area contributed by atoms with E-state index >= 15 is 13.2 Å². The van der Waals surface area contributed by atoms with Gasteiger partial charge in [-0.2, -0.15) is 0 Å². The van der Waals surface area contributed by atoms with E-state index in [2.05, 4.69) is 10.3 Å². The molecule has 7 nitrogen and oxygen atoms in total. The van der Waals surface area contributed by atoms with E-state index in [1.165, 1.54) is 23.1 Å². The number of carbonyl (C=O) groups is 2. The molecule has 1 saturated heterocycles. The van der Waals surface area contributed by atoms with E-state index in [-0.39, 0.29) is 63.3 Å². The van der Waals surface area contributed by atoms with Crippen molar-refractivity contribution in [2.45, 2.75) is 20.3 Å². The molecular formula is C30H34F3N5O2. The maximum absolute atomic E-state index is 16.1. The van der Waals surface area contributed by atoms with Crippen molar-refractivity contribution in [3.63, 3.8) is 0 Å². The molecule has 1 fully saturated rings. The SMILES string of the molecule is CC(C)C(=O)N1CCC=C(c2cc(-c3cc(F)c(N4CCNCC4)cc3F)c3cc(C(=O)N(C)C)[nH]c3c2F)C1. The molecule has 0 aliphatic carbocycles. The average molecular weight is 554 g/mol. The summed E-state index contributed by atoms with van der Waals surface area (Å²) in [4.78, 5) is 33.2. The van der Waals surface area contributed by atoms with Gasteiger partial charge in [-0.3, -0.25) is 9.59 Å². The quantitative estimate of drug-likeness (QED) is 0.483. The molecule has 2 aliphatic heterocycles. The molecule has 5 rings (SSSR count). The Hall–Kier alpha value is -3.79. The number of amides is 2. The number of halogens is 3. The van der Waals surface area contributed by atoms with Gasteiger partial charge in [0.2, 0.25) is 5.91 Å². The van der Waals surface area contributed by atoms with Crippen LogP contribution < -0.4 is 10.2 Å². The van der Waals surface area contributed by atoms with Crippen LogP contribution in [0.5, 0.6) is 0 Å². The molecule has 0 spiro atoms. The minimum absolute atomic E-state index is 0.0249. The maximum atomic E-state index is 16.1. The topological polar surface area (TPSA) is 71.7 Å². The number of piperazine rings is 1. The summed E-state index contributed by atoms with van der Waals surface area (Å²) in [7, 11) is 3.15. The minimum Gasteiger partial charge on any atom is -0.367 e. The molecular weight excluding hydrogens is 519 g/mol. The van der Waals surface area contributed by atoms with Crippen LogP contribution in [0.3, 0.4) is 0 Å². The Kier molecular flexibility index (Phi) is 7.63. The van der Waals surface area contributed by atoms with Crippen molar-refractivity contribution in [3.8, 4) is 11.1 Å². The second-order valence-corrected chi connectivity index (χ2v) is 10.9. The van der Waals surface area contributed by atoms with Gasteiger partial charge >= 0.3 is 0 Å². The number of nitrogens with zero attached hydrogens (tertiary/aromatic N) is 3. The van der Waals surface area contributed by atoms with E-state index in [0.717, 1.165) is 6.07 Å². The van der Waals surface area contributed by atoms with Crippen molar-refractivity contribution in [1.29, 1.82) is 0 Å². The highest BCUT2D eigenvalue weighted by Gasteiger charge is 2.27. The first-order chi connectivity index (χ1) is 19.1. The van der Waals surface area contributed by atoms with Crippen molar-refractivity contribution in [3.05, 3.63) is 59.1 Å². The summed E-state index contributed by atoms with van der Waals surface area (Å²) in [6.07, 6.45) is 2.41. The Bertz CT molecular complexity index is 1500. The number of fused-ring (bicyclic) bond motifs is 1. The first kappa shape index (κ1) is 27.8. The monoisotopic (exact) mass is 553 g/mol. The van der Waals surface area contributed by atoms with Crippen LogP contribution in [-0.4, -0.2) is 80.0 Å². The van der Waals surface area contributed by atoms with E-state index in [9.17, 15) is 9.59 Å². The van der Waals surface area contributed by atoms with Gasteiger partial charge in [-0.1, -0.05) is 19.9 Å². The highest BCUT2D eigenvalue weighted by Crippen LogP contribution is 2.39. The van der Waals surface area contributed by atoms with Gasteiger partial charge in [0.1, 0.15) is 17.3 Å². The first-order valence-electron chi connectivity index (χ1n) is 13.6. The van der Waals surface area contributed by atoms with Crippen LogP contribution in [-0.2, 0) is 4.79 Å². The van der Waals surface area contributed by atoms with Crippen molar-refractivity contribution < 1.29 is 22.8 Å². The number of benzene rings is 2. The largest absolute Gasteiger partial charge is 0.367 e. The molecule has 1 aromatic heterocycles. The Morgan fingerprint density at radius 3 is 2.33 bits per heavy atom. The molecule has 3 heterocycles. The fourth-order valence-electron chi connectivity index (χ4n) is 5.46. The van der Waals surface area contributed by atoms with E-state index in [0.29, 0.717) is 44.7 Å². The molecule has 0 radical (unpaired) electrons. The van der Waals surface area contributed by atoms with E-state index < -0.39 is 17.5 Å². The third-order valence-electron chi connectivity index (χ3n) is 7.58. The zero-order valence-corrected chi connectivity index (χ0v) is 23.2. The smallest absolute Gasteiger partial charge is 0.269 e. The van der Waals surface area contributed by atoms with Crippen LogP contribution in [0.25, 0.3) is 27.6 Å². The van der Waals surface area contributed by atoms with Crippen LogP contribution in [0.2, 0.25) is 0 Å². The van der Waals surface area contributed by atoms with Crippen LogP contribution in [0.4, 0.5) is 18.9 Å². The summed E-state index contributed by atoms with van der Waals surface area (Å²) in [5, 5.41) is 3.47. The normalized spacial score (nSPS) is 16.1. The van der Waals surface area contributed by atoms with Gasteiger partial charge in [0.25, 0.3) is 5.91 Å². The Balaban J connectivity index is 1.67. The number of aromatic amines is 1. The summed E-state index contributed by atoms with van der Waals surface area (Å²) in [5.74, 6) is -2.47. The predicted molar refractivity (Wildman–Crippen MR) is 151 cm³/mol. The van der Waals surface area contributed by atoms with Crippen LogP contribution in [0, 0.1) is 23.4 Å². The van der Waals surface area contributed by atoms with Crippen LogP contribution in [0.1, 0.15) is 36.3 Å². The number of hydrogen-bond donors (Lipinski definition) is 2. The fourth-order valence-corrected chi connectivity index (χ4v) is 5.46. The number of nitrogens with one attached hydrogen (secondary N) is 2. The van der Waals surface area contributed by atoms with E-state index in [1.54, 1.807) is 23.9 Å². The van der Waals surface area contributed by atoms with Crippen molar-refractivity contribution >= 4 is 34.0 Å². The third-order valence-corrected chi connectivity index (χ3v) is 7.58. The molecule has 3 aromatic rings. The lowest BCUT2D eigenvalue weighted by atomic mass is 9.92. The standard InChI is InChI=1S/C30H34F3N5O2/c1-17(2)29(39)38-9-5-6-18(16-38)19-12-20(22-14-25(30(40)36(3)4)35-28(22)27(19)33)21-13-24(32)26(15-23(21)31)37-10-7-34-8-11-37/h6,12-15,17,34-35H,5,7-11,16H2,1-4H3. The van der Waals surface area contributed by atoms with Gasteiger partial charge in [0.05, 0.1) is 11.2 Å². The second-order valence-electron chi connectivity index (χ2n) is 10.9. The van der Waals surface area contributed by atoms with Gasteiger partial charge in [0.15, 0.2) is 5.82 Å². The highest BCUT2D eigenvalue weighted by molar-refractivity contribution is 6.04. The Labute approximate surface area is 231 Å². The van der Waals surface area contributed by atoms with Gasteiger partial charge in [0, 0.05) is 81.9 Å². The third kappa shape index (κ3) is 5.08. The van der Waals surface area contributed by atoms with Crippen LogP contribution in [0.15, 0.2) is 30.3 Å². The summed E-state index contributed by atoms with van der Waals surface area (Å²) in [5.41, 5.74) is 1.32.